The van der Waals surface area contributed by atoms with Crippen LogP contribution in [0.2, 0.25) is 0 Å². The van der Waals surface area contributed by atoms with Crippen molar-refractivity contribution in [1.82, 2.24) is 14.5 Å². The number of aromatic nitrogens is 2. The molecule has 1 saturated heterocycles. The van der Waals surface area contributed by atoms with E-state index in [1.54, 1.807) is 24.3 Å². The van der Waals surface area contributed by atoms with E-state index >= 15 is 0 Å². The molecule has 1 fully saturated rings. The molecule has 2 heterocycles. The van der Waals surface area contributed by atoms with E-state index in [9.17, 15) is 8.42 Å². The third-order valence-corrected chi connectivity index (χ3v) is 6.35. The maximum Gasteiger partial charge on any atom is 0.246 e. The van der Waals surface area contributed by atoms with Gasteiger partial charge in [-0.25, -0.2) is 8.42 Å². The number of hydrogen-bond donors (Lipinski definition) is 1. The highest BCUT2D eigenvalue weighted by molar-refractivity contribution is 7.89. The molecule has 1 aliphatic rings. The summed E-state index contributed by atoms with van der Waals surface area (Å²) in [6.07, 6.45) is 0. The molecule has 0 amide bonds. The van der Waals surface area contributed by atoms with Gasteiger partial charge < -0.3 is 9.64 Å². The SMILES string of the molecule is CCOc1ccccc1S(=O)(=O)N1CCN(c2c(C)n[nH]c2C)CC1. The number of piperazine rings is 1. The van der Waals surface area contributed by atoms with Crippen LogP contribution in [0.4, 0.5) is 5.69 Å². The minimum Gasteiger partial charge on any atom is -0.492 e. The quantitative estimate of drug-likeness (QED) is 0.877. The second kappa shape index (κ2) is 7.05. The van der Waals surface area contributed by atoms with Crippen LogP contribution in [0, 0.1) is 13.8 Å². The summed E-state index contributed by atoms with van der Waals surface area (Å²) < 4.78 is 33.1. The van der Waals surface area contributed by atoms with Gasteiger partial charge in [-0.2, -0.15) is 9.40 Å². The molecule has 7 nitrogen and oxygen atoms in total. The number of sulfonamides is 1. The lowest BCUT2D eigenvalue weighted by Crippen LogP contribution is -2.49. The number of aryl methyl sites for hydroxylation is 2. The van der Waals surface area contributed by atoms with Crippen molar-refractivity contribution in [3.05, 3.63) is 35.7 Å². The number of para-hydroxylation sites is 1. The maximum absolute atomic E-state index is 13.0. The van der Waals surface area contributed by atoms with Gasteiger partial charge >= 0.3 is 0 Å². The Balaban J connectivity index is 1.78. The van der Waals surface area contributed by atoms with Crippen molar-refractivity contribution in [1.29, 1.82) is 0 Å². The molecule has 3 rings (SSSR count). The first-order valence-corrected chi connectivity index (χ1v) is 9.87. The number of nitrogens with zero attached hydrogens (tertiary/aromatic N) is 3. The lowest BCUT2D eigenvalue weighted by Gasteiger charge is -2.35. The molecule has 1 N–H and O–H groups in total. The summed E-state index contributed by atoms with van der Waals surface area (Å²) in [5.41, 5.74) is 3.03. The largest absolute Gasteiger partial charge is 0.492 e. The van der Waals surface area contributed by atoms with Crippen molar-refractivity contribution in [3.63, 3.8) is 0 Å². The summed E-state index contributed by atoms with van der Waals surface area (Å²) in [5, 5.41) is 7.21. The number of nitrogens with one attached hydrogen (secondary N) is 1. The van der Waals surface area contributed by atoms with Gasteiger partial charge in [0.2, 0.25) is 10.0 Å². The van der Waals surface area contributed by atoms with Crippen LogP contribution < -0.4 is 9.64 Å². The first kappa shape index (κ1) is 17.8. The molecule has 0 saturated carbocycles. The van der Waals surface area contributed by atoms with E-state index in [1.165, 1.54) is 4.31 Å². The van der Waals surface area contributed by atoms with E-state index in [4.69, 9.17) is 4.74 Å². The van der Waals surface area contributed by atoms with Crippen molar-refractivity contribution in [2.45, 2.75) is 25.7 Å². The summed E-state index contributed by atoms with van der Waals surface area (Å²) in [7, 11) is -3.57. The lowest BCUT2D eigenvalue weighted by molar-refractivity contribution is 0.327. The molecular weight excluding hydrogens is 340 g/mol. The molecule has 2 aromatic rings. The van der Waals surface area contributed by atoms with Crippen LogP contribution in [0.5, 0.6) is 5.75 Å². The molecule has 0 aliphatic carbocycles. The molecule has 0 radical (unpaired) electrons. The highest BCUT2D eigenvalue weighted by atomic mass is 32.2. The van der Waals surface area contributed by atoms with E-state index in [1.807, 2.05) is 20.8 Å². The molecule has 8 heteroatoms. The number of ether oxygens (including phenoxy) is 1. The molecule has 1 aliphatic heterocycles. The lowest BCUT2D eigenvalue weighted by atomic mass is 10.2. The Kier molecular flexibility index (Phi) is 5.01. The first-order chi connectivity index (χ1) is 11.9. The predicted molar refractivity (Wildman–Crippen MR) is 96.6 cm³/mol. The van der Waals surface area contributed by atoms with Gasteiger partial charge in [0.25, 0.3) is 0 Å². The van der Waals surface area contributed by atoms with Crippen LogP contribution in [-0.4, -0.2) is 55.7 Å². The number of rotatable bonds is 5. The fourth-order valence-corrected chi connectivity index (χ4v) is 4.79. The normalized spacial score (nSPS) is 16.2. The van der Waals surface area contributed by atoms with Gasteiger partial charge in [-0.1, -0.05) is 12.1 Å². The highest BCUT2D eigenvalue weighted by Crippen LogP contribution is 2.29. The molecule has 1 aromatic carbocycles. The van der Waals surface area contributed by atoms with Crippen molar-refractivity contribution in [2.24, 2.45) is 0 Å². The molecular formula is C17H24N4O3S. The molecule has 25 heavy (non-hydrogen) atoms. The minimum atomic E-state index is -3.57. The van der Waals surface area contributed by atoms with Crippen molar-refractivity contribution in [3.8, 4) is 5.75 Å². The third-order valence-electron chi connectivity index (χ3n) is 4.41. The average Bonchev–Trinajstić information content (AvgIpc) is 2.94. The summed E-state index contributed by atoms with van der Waals surface area (Å²) in [5.74, 6) is 0.411. The fraction of sp³-hybridized carbons (Fsp3) is 0.471. The molecule has 0 atom stereocenters. The summed E-state index contributed by atoms with van der Waals surface area (Å²) >= 11 is 0. The van der Waals surface area contributed by atoms with Gasteiger partial charge in [-0.3, -0.25) is 5.10 Å². The molecule has 0 bridgehead atoms. The van der Waals surface area contributed by atoms with Crippen LogP contribution in [0.3, 0.4) is 0 Å². The van der Waals surface area contributed by atoms with Gasteiger partial charge in [0.1, 0.15) is 10.6 Å². The van der Waals surface area contributed by atoms with Gasteiger partial charge in [0.15, 0.2) is 0 Å². The monoisotopic (exact) mass is 364 g/mol. The molecule has 0 spiro atoms. The zero-order valence-electron chi connectivity index (χ0n) is 14.8. The van der Waals surface area contributed by atoms with Crippen LogP contribution in [0.1, 0.15) is 18.3 Å². The standard InChI is InChI=1S/C17H24N4O3S/c1-4-24-15-7-5-6-8-16(15)25(22,23)21-11-9-20(10-12-21)17-13(2)18-19-14(17)3/h5-8H,4,9-12H2,1-3H3,(H,18,19). The van der Waals surface area contributed by atoms with Crippen molar-refractivity contribution in [2.75, 3.05) is 37.7 Å². The maximum atomic E-state index is 13.0. The Morgan fingerprint density at radius 3 is 2.44 bits per heavy atom. The number of aromatic amines is 1. The highest BCUT2D eigenvalue weighted by Gasteiger charge is 2.31. The Labute approximate surface area is 148 Å². The molecule has 0 unspecified atom stereocenters. The summed E-state index contributed by atoms with van der Waals surface area (Å²) in [6.45, 7) is 8.36. The number of anilines is 1. The Morgan fingerprint density at radius 2 is 1.84 bits per heavy atom. The first-order valence-electron chi connectivity index (χ1n) is 8.43. The minimum absolute atomic E-state index is 0.237. The average molecular weight is 364 g/mol. The topological polar surface area (TPSA) is 78.5 Å². The number of hydrogen-bond acceptors (Lipinski definition) is 5. The van der Waals surface area contributed by atoms with E-state index in [0.717, 1.165) is 17.1 Å². The number of H-pyrrole nitrogens is 1. The zero-order valence-corrected chi connectivity index (χ0v) is 15.6. The van der Waals surface area contributed by atoms with Gasteiger partial charge in [0.05, 0.1) is 23.7 Å². The van der Waals surface area contributed by atoms with E-state index in [-0.39, 0.29) is 4.90 Å². The van der Waals surface area contributed by atoms with Crippen molar-refractivity contribution < 1.29 is 13.2 Å². The summed E-state index contributed by atoms with van der Waals surface area (Å²) in [6, 6.07) is 6.82. The summed E-state index contributed by atoms with van der Waals surface area (Å²) in [4.78, 5) is 2.43. The second-order valence-corrected chi connectivity index (χ2v) is 7.96. The van der Waals surface area contributed by atoms with Gasteiger partial charge in [-0.05, 0) is 32.9 Å². The Morgan fingerprint density at radius 1 is 1.16 bits per heavy atom. The molecule has 136 valence electrons. The Hall–Kier alpha value is -2.06. The fourth-order valence-electron chi connectivity index (χ4n) is 3.24. The van der Waals surface area contributed by atoms with Crippen molar-refractivity contribution >= 4 is 15.7 Å². The van der Waals surface area contributed by atoms with Gasteiger partial charge in [0, 0.05) is 26.2 Å². The van der Waals surface area contributed by atoms with E-state index < -0.39 is 10.0 Å². The van der Waals surface area contributed by atoms with Crippen LogP contribution in [0.15, 0.2) is 29.2 Å². The Bertz CT molecular complexity index is 820. The molecule has 1 aromatic heterocycles. The smallest absolute Gasteiger partial charge is 0.246 e. The number of benzene rings is 1. The second-order valence-electron chi connectivity index (χ2n) is 6.05. The van der Waals surface area contributed by atoms with E-state index in [2.05, 4.69) is 15.1 Å². The zero-order chi connectivity index (χ0) is 18.0. The van der Waals surface area contributed by atoms with Crippen LogP contribution in [-0.2, 0) is 10.0 Å². The third kappa shape index (κ3) is 3.36. The van der Waals surface area contributed by atoms with Gasteiger partial charge in [-0.15, -0.1) is 0 Å². The van der Waals surface area contributed by atoms with E-state index in [0.29, 0.717) is 38.5 Å². The van der Waals surface area contributed by atoms with Crippen LogP contribution in [0.25, 0.3) is 0 Å². The van der Waals surface area contributed by atoms with Crippen LogP contribution >= 0.6 is 0 Å². The predicted octanol–water partition coefficient (Wildman–Crippen LogP) is 1.94.